The lowest BCUT2D eigenvalue weighted by molar-refractivity contribution is 0.160. The molecule has 0 unspecified atom stereocenters. The van der Waals surface area contributed by atoms with E-state index in [9.17, 15) is 0 Å². The highest BCUT2D eigenvalue weighted by Gasteiger charge is 2.58. The van der Waals surface area contributed by atoms with Crippen molar-refractivity contribution in [2.24, 2.45) is 5.92 Å². The molecule has 3 atom stereocenters. The third-order valence-electron chi connectivity index (χ3n) is 3.29. The number of hydrogen-bond donors (Lipinski definition) is 1. The first kappa shape index (κ1) is 8.27. The molecule has 2 nitrogen and oxygen atoms in total. The van der Waals surface area contributed by atoms with Gasteiger partial charge in [-0.2, -0.15) is 0 Å². The van der Waals surface area contributed by atoms with Crippen LogP contribution in [-0.2, 0) is 4.74 Å². The lowest BCUT2D eigenvalue weighted by atomic mass is 9.79. The Labute approximate surface area is 73.2 Å². The first-order valence-corrected chi connectivity index (χ1v) is 4.62. The van der Waals surface area contributed by atoms with Crippen molar-refractivity contribution in [3.8, 4) is 0 Å². The Balaban J connectivity index is 1.96. The van der Waals surface area contributed by atoms with E-state index in [4.69, 9.17) is 9.84 Å². The van der Waals surface area contributed by atoms with Crippen molar-refractivity contribution in [1.29, 1.82) is 0 Å². The van der Waals surface area contributed by atoms with E-state index in [2.05, 4.69) is 13.5 Å². The third kappa shape index (κ3) is 1.10. The topological polar surface area (TPSA) is 32.8 Å². The molecule has 2 heteroatoms. The van der Waals surface area contributed by atoms with E-state index in [1.165, 1.54) is 5.57 Å². The number of hydrogen-bond acceptors (Lipinski definition) is 2. The Morgan fingerprint density at radius 3 is 3.00 bits per heavy atom. The molecule has 68 valence electrons. The molecular formula is C10H16O2. The lowest BCUT2D eigenvalue weighted by Gasteiger charge is -2.23. The van der Waals surface area contributed by atoms with Crippen LogP contribution in [-0.4, -0.2) is 23.4 Å². The summed E-state index contributed by atoms with van der Waals surface area (Å²) in [5.41, 5.74) is 1.13. The minimum absolute atomic E-state index is 0.133. The van der Waals surface area contributed by atoms with Gasteiger partial charge in [0.2, 0.25) is 0 Å². The average Bonchev–Trinajstić information content (AvgIpc) is 2.77. The fourth-order valence-corrected chi connectivity index (χ4v) is 2.19. The molecule has 1 heterocycles. The van der Waals surface area contributed by atoms with E-state index in [1.54, 1.807) is 0 Å². The van der Waals surface area contributed by atoms with Crippen LogP contribution in [0.4, 0.5) is 0 Å². The smallest absolute Gasteiger partial charge is 0.118 e. The molecule has 1 saturated carbocycles. The summed E-state index contributed by atoms with van der Waals surface area (Å²) in [5.74, 6) is 0.622. The van der Waals surface area contributed by atoms with Crippen LogP contribution in [0, 0.1) is 5.92 Å². The van der Waals surface area contributed by atoms with Gasteiger partial charge in [-0.15, -0.1) is 0 Å². The van der Waals surface area contributed by atoms with E-state index in [-0.39, 0.29) is 12.2 Å². The summed E-state index contributed by atoms with van der Waals surface area (Å²) in [6, 6.07) is 0. The van der Waals surface area contributed by atoms with E-state index in [0.717, 1.165) is 19.3 Å². The molecule has 0 aromatic heterocycles. The molecule has 0 aromatic rings. The van der Waals surface area contributed by atoms with Crippen LogP contribution < -0.4 is 0 Å². The van der Waals surface area contributed by atoms with Crippen LogP contribution in [0.2, 0.25) is 0 Å². The van der Waals surface area contributed by atoms with Crippen LogP contribution in [0.15, 0.2) is 12.2 Å². The quantitative estimate of drug-likeness (QED) is 0.500. The molecule has 1 saturated heterocycles. The normalized spacial score (nSPS) is 45.2. The zero-order valence-corrected chi connectivity index (χ0v) is 7.55. The van der Waals surface area contributed by atoms with Gasteiger partial charge in [-0.05, 0) is 32.1 Å². The third-order valence-corrected chi connectivity index (χ3v) is 3.29. The van der Waals surface area contributed by atoms with Crippen LogP contribution in [0.1, 0.15) is 26.2 Å². The van der Waals surface area contributed by atoms with Crippen molar-refractivity contribution >= 4 is 0 Å². The highest BCUT2D eigenvalue weighted by molar-refractivity contribution is 5.11. The van der Waals surface area contributed by atoms with Crippen molar-refractivity contribution in [2.45, 2.75) is 37.9 Å². The molecule has 2 aliphatic rings. The van der Waals surface area contributed by atoms with Crippen LogP contribution in [0.5, 0.6) is 0 Å². The van der Waals surface area contributed by atoms with Gasteiger partial charge in [-0.25, -0.2) is 0 Å². The van der Waals surface area contributed by atoms with Crippen molar-refractivity contribution in [3.05, 3.63) is 12.2 Å². The van der Waals surface area contributed by atoms with Gasteiger partial charge in [0.05, 0.1) is 12.7 Å². The van der Waals surface area contributed by atoms with Crippen molar-refractivity contribution in [3.63, 3.8) is 0 Å². The van der Waals surface area contributed by atoms with E-state index < -0.39 is 0 Å². The van der Waals surface area contributed by atoms with Crippen molar-refractivity contribution in [2.75, 3.05) is 6.61 Å². The highest BCUT2D eigenvalue weighted by atomic mass is 16.6. The number of epoxide rings is 1. The molecule has 0 spiro atoms. The second kappa shape index (κ2) is 2.57. The Morgan fingerprint density at radius 2 is 2.50 bits per heavy atom. The van der Waals surface area contributed by atoms with Gasteiger partial charge in [0.1, 0.15) is 5.60 Å². The maximum Gasteiger partial charge on any atom is 0.118 e. The lowest BCUT2D eigenvalue weighted by Crippen LogP contribution is -2.27. The first-order valence-electron chi connectivity index (χ1n) is 4.62. The Morgan fingerprint density at radius 1 is 1.75 bits per heavy atom. The molecule has 0 amide bonds. The molecule has 2 rings (SSSR count). The number of ether oxygens (including phenoxy) is 1. The number of rotatable bonds is 2. The Bertz CT molecular complexity index is 212. The van der Waals surface area contributed by atoms with Gasteiger partial charge < -0.3 is 9.84 Å². The van der Waals surface area contributed by atoms with E-state index in [1.807, 2.05) is 0 Å². The predicted octanol–water partition coefficient (Wildman–Crippen LogP) is 1.49. The van der Waals surface area contributed by atoms with Gasteiger partial charge in [0.15, 0.2) is 0 Å². The number of allylic oxidation sites excluding steroid dienone is 1. The standard InChI is InChI=1S/C10H16O2/c1-7(2)8-3-4-10(6-11)9(5-8)12-10/h8-9,11H,1,3-6H2,2H3/t8-,9+,10-/m1/s1. The molecule has 1 aliphatic heterocycles. The zero-order valence-electron chi connectivity index (χ0n) is 7.55. The molecule has 1 aliphatic carbocycles. The second-order valence-corrected chi connectivity index (χ2v) is 4.15. The van der Waals surface area contributed by atoms with E-state index in [0.29, 0.717) is 12.0 Å². The highest BCUT2D eigenvalue weighted by Crippen LogP contribution is 2.50. The summed E-state index contributed by atoms with van der Waals surface area (Å²) in [7, 11) is 0. The van der Waals surface area contributed by atoms with Gasteiger partial charge in [0.25, 0.3) is 0 Å². The zero-order chi connectivity index (χ0) is 8.77. The monoisotopic (exact) mass is 168 g/mol. The van der Waals surface area contributed by atoms with Crippen LogP contribution >= 0.6 is 0 Å². The first-order chi connectivity index (χ1) is 5.68. The molecule has 2 fully saturated rings. The molecular weight excluding hydrogens is 152 g/mol. The van der Waals surface area contributed by atoms with Gasteiger partial charge >= 0.3 is 0 Å². The summed E-state index contributed by atoms with van der Waals surface area (Å²) >= 11 is 0. The Kier molecular flexibility index (Phi) is 1.77. The fraction of sp³-hybridized carbons (Fsp3) is 0.800. The number of aliphatic hydroxyl groups is 1. The fourth-order valence-electron chi connectivity index (χ4n) is 2.19. The van der Waals surface area contributed by atoms with Gasteiger partial charge in [0, 0.05) is 0 Å². The molecule has 0 bridgehead atoms. The predicted molar refractivity (Wildman–Crippen MR) is 46.8 cm³/mol. The number of fused-ring (bicyclic) bond motifs is 1. The summed E-state index contributed by atoms with van der Waals surface area (Å²) in [4.78, 5) is 0. The molecule has 0 radical (unpaired) electrons. The van der Waals surface area contributed by atoms with Gasteiger partial charge in [-0.1, -0.05) is 12.2 Å². The molecule has 12 heavy (non-hydrogen) atoms. The van der Waals surface area contributed by atoms with Crippen molar-refractivity contribution in [1.82, 2.24) is 0 Å². The van der Waals surface area contributed by atoms with E-state index >= 15 is 0 Å². The largest absolute Gasteiger partial charge is 0.393 e. The SMILES string of the molecule is C=C(C)[C@@H]1CC[C@]2(CO)O[C@H]2C1. The van der Waals surface area contributed by atoms with Crippen LogP contribution in [0.25, 0.3) is 0 Å². The second-order valence-electron chi connectivity index (χ2n) is 4.15. The maximum atomic E-state index is 9.07. The minimum Gasteiger partial charge on any atom is -0.393 e. The summed E-state index contributed by atoms with van der Waals surface area (Å²) < 4.78 is 5.50. The molecule has 0 aromatic carbocycles. The average molecular weight is 168 g/mol. The van der Waals surface area contributed by atoms with Crippen molar-refractivity contribution < 1.29 is 9.84 Å². The summed E-state index contributed by atoms with van der Waals surface area (Å²) in [5, 5.41) is 9.07. The van der Waals surface area contributed by atoms with Crippen LogP contribution in [0.3, 0.4) is 0 Å². The number of aliphatic hydroxyl groups excluding tert-OH is 1. The Hall–Kier alpha value is -0.340. The summed E-state index contributed by atoms with van der Waals surface area (Å²) in [6.45, 7) is 6.24. The summed E-state index contributed by atoms with van der Waals surface area (Å²) in [6.07, 6.45) is 3.52. The minimum atomic E-state index is -0.133. The van der Waals surface area contributed by atoms with Gasteiger partial charge in [-0.3, -0.25) is 0 Å². The maximum absolute atomic E-state index is 9.07. The molecule has 1 N–H and O–H groups in total.